The molecule has 3 heteroatoms. The van der Waals surface area contributed by atoms with Gasteiger partial charge in [-0.1, -0.05) is 37.3 Å². The van der Waals surface area contributed by atoms with Crippen LogP contribution < -0.4 is 5.73 Å². The smallest absolute Gasteiger partial charge is 0.282 e. The van der Waals surface area contributed by atoms with Crippen LogP contribution in [0.25, 0.3) is 0 Å². The number of hydrogen-bond acceptors (Lipinski definition) is 3. The molecule has 2 atom stereocenters. The summed E-state index contributed by atoms with van der Waals surface area (Å²) in [5.41, 5.74) is 6.93. The van der Waals surface area contributed by atoms with Gasteiger partial charge in [0.25, 0.3) is 6.02 Å². The third kappa shape index (κ3) is 3.22. The van der Waals surface area contributed by atoms with Crippen LogP contribution >= 0.6 is 0 Å². The first-order chi connectivity index (χ1) is 8.29. The Morgan fingerprint density at radius 3 is 2.76 bits per heavy atom. The second-order valence-electron chi connectivity index (χ2n) is 4.53. The summed E-state index contributed by atoms with van der Waals surface area (Å²) in [6.45, 7) is 2.89. The van der Waals surface area contributed by atoms with E-state index in [2.05, 4.69) is 42.2 Å². The summed E-state index contributed by atoms with van der Waals surface area (Å²) in [7, 11) is 0. The lowest BCUT2D eigenvalue weighted by Gasteiger charge is -2.16. The van der Waals surface area contributed by atoms with Crippen LogP contribution in [0.2, 0.25) is 0 Å². The summed E-state index contributed by atoms with van der Waals surface area (Å²) in [6.07, 6.45) is 3.36. The number of nitrogens with zero attached hydrogens (tertiary/aromatic N) is 1. The van der Waals surface area contributed by atoms with Crippen molar-refractivity contribution in [1.82, 2.24) is 0 Å². The van der Waals surface area contributed by atoms with Crippen LogP contribution in [-0.2, 0) is 4.74 Å². The van der Waals surface area contributed by atoms with Crippen molar-refractivity contribution in [3.05, 3.63) is 35.9 Å². The first kappa shape index (κ1) is 12.0. The highest BCUT2D eigenvalue weighted by Gasteiger charge is 2.18. The Balaban J connectivity index is 1.88. The molecule has 2 unspecified atom stereocenters. The van der Waals surface area contributed by atoms with Crippen LogP contribution in [-0.4, -0.2) is 18.7 Å². The zero-order valence-corrected chi connectivity index (χ0v) is 10.3. The normalized spacial score (nSPS) is 20.8. The quantitative estimate of drug-likeness (QED) is 0.848. The molecule has 1 aromatic carbocycles. The molecule has 2 rings (SSSR count). The van der Waals surface area contributed by atoms with Gasteiger partial charge in [-0.25, -0.2) is 4.99 Å². The molecule has 0 bridgehead atoms. The van der Waals surface area contributed by atoms with Gasteiger partial charge in [-0.05, 0) is 30.7 Å². The maximum atomic E-state index is 5.50. The molecule has 17 heavy (non-hydrogen) atoms. The topological polar surface area (TPSA) is 47.6 Å². The van der Waals surface area contributed by atoms with Crippen LogP contribution in [0.15, 0.2) is 35.3 Å². The van der Waals surface area contributed by atoms with Gasteiger partial charge in [-0.15, -0.1) is 0 Å². The number of nitrogens with two attached hydrogens (primary N) is 1. The summed E-state index contributed by atoms with van der Waals surface area (Å²) < 4.78 is 5.16. The maximum Gasteiger partial charge on any atom is 0.282 e. The van der Waals surface area contributed by atoms with E-state index in [1.807, 2.05) is 0 Å². The number of aliphatic imine (C=N–C) groups is 1. The largest absolute Gasteiger partial charge is 0.463 e. The molecule has 0 amide bonds. The Hall–Kier alpha value is -1.51. The predicted molar refractivity (Wildman–Crippen MR) is 70.1 cm³/mol. The van der Waals surface area contributed by atoms with Gasteiger partial charge in [0.2, 0.25) is 0 Å². The summed E-state index contributed by atoms with van der Waals surface area (Å²) in [4.78, 5) is 4.26. The molecule has 1 aromatic rings. The Labute approximate surface area is 103 Å². The molecule has 0 saturated carbocycles. The van der Waals surface area contributed by atoms with Crippen LogP contribution in [0.3, 0.4) is 0 Å². The van der Waals surface area contributed by atoms with Crippen LogP contribution in [0.4, 0.5) is 0 Å². The molecule has 1 heterocycles. The lowest BCUT2D eigenvalue weighted by atomic mass is 9.90. The molecule has 2 N–H and O–H groups in total. The Kier molecular flexibility index (Phi) is 4.02. The summed E-state index contributed by atoms with van der Waals surface area (Å²) >= 11 is 0. The van der Waals surface area contributed by atoms with Crippen molar-refractivity contribution in [3.8, 4) is 0 Å². The first-order valence-corrected chi connectivity index (χ1v) is 6.30. The maximum absolute atomic E-state index is 5.50. The van der Waals surface area contributed by atoms with E-state index in [0.29, 0.717) is 18.5 Å². The van der Waals surface area contributed by atoms with Gasteiger partial charge in [0, 0.05) is 0 Å². The highest BCUT2D eigenvalue weighted by Crippen LogP contribution is 2.26. The van der Waals surface area contributed by atoms with Crippen molar-refractivity contribution in [2.24, 2.45) is 10.7 Å². The molecule has 0 fully saturated rings. The second-order valence-corrected chi connectivity index (χ2v) is 4.53. The number of benzene rings is 1. The second kappa shape index (κ2) is 5.71. The van der Waals surface area contributed by atoms with Crippen LogP contribution in [0.5, 0.6) is 0 Å². The van der Waals surface area contributed by atoms with Gasteiger partial charge in [0.05, 0.1) is 6.04 Å². The average Bonchev–Trinajstić information content (AvgIpc) is 2.77. The highest BCUT2D eigenvalue weighted by atomic mass is 16.5. The first-order valence-electron chi connectivity index (χ1n) is 6.30. The minimum Gasteiger partial charge on any atom is -0.463 e. The van der Waals surface area contributed by atoms with E-state index in [9.17, 15) is 0 Å². The minimum absolute atomic E-state index is 0.257. The van der Waals surface area contributed by atoms with Crippen LogP contribution in [0, 0.1) is 0 Å². The number of hydrogen-bond donors (Lipinski definition) is 1. The van der Waals surface area contributed by atoms with Gasteiger partial charge >= 0.3 is 0 Å². The molecule has 0 aliphatic carbocycles. The fourth-order valence-corrected chi connectivity index (χ4v) is 2.31. The zero-order valence-electron chi connectivity index (χ0n) is 10.3. The molecule has 1 aliphatic rings. The van der Waals surface area contributed by atoms with Gasteiger partial charge < -0.3 is 10.5 Å². The van der Waals surface area contributed by atoms with E-state index in [4.69, 9.17) is 10.5 Å². The number of amidine groups is 1. The van der Waals surface area contributed by atoms with Crippen molar-refractivity contribution in [2.45, 2.75) is 38.1 Å². The van der Waals surface area contributed by atoms with Gasteiger partial charge in [-0.2, -0.15) is 0 Å². The summed E-state index contributed by atoms with van der Waals surface area (Å²) in [5.74, 6) is 0.619. The Bertz CT molecular complexity index is 375. The van der Waals surface area contributed by atoms with Crippen molar-refractivity contribution in [1.29, 1.82) is 0 Å². The summed E-state index contributed by atoms with van der Waals surface area (Å²) in [5, 5.41) is 0. The molecule has 0 spiro atoms. The van der Waals surface area contributed by atoms with E-state index < -0.39 is 0 Å². The van der Waals surface area contributed by atoms with Crippen LogP contribution in [0.1, 0.15) is 37.7 Å². The molecule has 3 nitrogen and oxygen atoms in total. The zero-order chi connectivity index (χ0) is 12.1. The van der Waals surface area contributed by atoms with E-state index in [1.54, 1.807) is 0 Å². The lowest BCUT2D eigenvalue weighted by Crippen LogP contribution is -2.10. The molecular formula is C14H20N2O. The molecular weight excluding hydrogens is 212 g/mol. The van der Waals surface area contributed by atoms with E-state index >= 15 is 0 Å². The van der Waals surface area contributed by atoms with Gasteiger partial charge in [-0.3, -0.25) is 0 Å². The molecule has 0 saturated heterocycles. The van der Waals surface area contributed by atoms with Crippen molar-refractivity contribution >= 4 is 6.02 Å². The highest BCUT2D eigenvalue weighted by molar-refractivity contribution is 5.72. The monoisotopic (exact) mass is 232 g/mol. The predicted octanol–water partition coefficient (Wildman–Crippen LogP) is 2.67. The number of ether oxygens (including phenoxy) is 1. The molecule has 1 aliphatic heterocycles. The Morgan fingerprint density at radius 1 is 1.41 bits per heavy atom. The summed E-state index contributed by atoms with van der Waals surface area (Å²) in [6, 6.07) is 11.3. The molecule has 0 aromatic heterocycles. The SMILES string of the molecule is CCC(CCC1COC(N)=N1)c1ccccc1. The van der Waals surface area contributed by atoms with Gasteiger partial charge in [0.1, 0.15) is 6.61 Å². The van der Waals surface area contributed by atoms with E-state index in [-0.39, 0.29) is 6.04 Å². The van der Waals surface area contributed by atoms with Crippen molar-refractivity contribution in [3.63, 3.8) is 0 Å². The molecule has 92 valence electrons. The molecule has 0 radical (unpaired) electrons. The average molecular weight is 232 g/mol. The van der Waals surface area contributed by atoms with E-state index in [1.165, 1.54) is 5.56 Å². The minimum atomic E-state index is 0.257. The van der Waals surface area contributed by atoms with Crippen molar-refractivity contribution in [2.75, 3.05) is 6.61 Å². The fraction of sp³-hybridized carbons (Fsp3) is 0.500. The lowest BCUT2D eigenvalue weighted by molar-refractivity contribution is 0.303. The fourth-order valence-electron chi connectivity index (χ4n) is 2.31. The Morgan fingerprint density at radius 2 is 2.18 bits per heavy atom. The standard InChI is InChI=1S/C14H20N2O/c1-2-11(12-6-4-3-5-7-12)8-9-13-10-17-14(15)16-13/h3-7,11,13H,2,8-10H2,1H3,(H2,15,16). The van der Waals surface area contributed by atoms with E-state index in [0.717, 1.165) is 19.3 Å². The van der Waals surface area contributed by atoms with Crippen molar-refractivity contribution < 1.29 is 4.74 Å². The third-order valence-corrected chi connectivity index (χ3v) is 3.35. The third-order valence-electron chi connectivity index (χ3n) is 3.35. The number of rotatable bonds is 5. The van der Waals surface area contributed by atoms with Gasteiger partial charge in [0.15, 0.2) is 0 Å².